The number of esters is 1. The van der Waals surface area contributed by atoms with Gasteiger partial charge in [-0.25, -0.2) is 17.9 Å². The van der Waals surface area contributed by atoms with Gasteiger partial charge >= 0.3 is 5.97 Å². The van der Waals surface area contributed by atoms with Gasteiger partial charge in [-0.05, 0) is 30.3 Å². The number of ether oxygens (including phenoxy) is 3. The van der Waals surface area contributed by atoms with Crippen LogP contribution in [0.1, 0.15) is 10.4 Å². The van der Waals surface area contributed by atoms with Gasteiger partial charge in [0.05, 0.1) is 29.7 Å². The number of sulfonamides is 1. The molecule has 0 aromatic heterocycles. The predicted octanol–water partition coefficient (Wildman–Crippen LogP) is 2.49. The zero-order chi connectivity index (χ0) is 19.2. The van der Waals surface area contributed by atoms with Crippen molar-refractivity contribution in [2.45, 2.75) is 4.90 Å². The highest BCUT2D eigenvalue weighted by Crippen LogP contribution is 2.25. The van der Waals surface area contributed by atoms with Gasteiger partial charge in [-0.15, -0.1) is 0 Å². The number of para-hydroxylation sites is 2. The standard InChI is InChI=1S/C17H18ClNO6S/c1-23-15-5-3-4-6-16(15)25-10-9-19-26(21,22)12-7-8-14(18)13(11-12)17(20)24-2/h3-8,11,19H,9-10H2,1-2H3. The Morgan fingerprint density at radius 3 is 2.46 bits per heavy atom. The van der Waals surface area contributed by atoms with Crippen LogP contribution in [0.3, 0.4) is 0 Å². The zero-order valence-corrected chi connectivity index (χ0v) is 15.8. The van der Waals surface area contributed by atoms with Crippen molar-refractivity contribution in [3.8, 4) is 11.5 Å². The van der Waals surface area contributed by atoms with Crippen molar-refractivity contribution in [1.82, 2.24) is 4.72 Å². The molecule has 0 heterocycles. The van der Waals surface area contributed by atoms with Gasteiger partial charge in [-0.2, -0.15) is 0 Å². The van der Waals surface area contributed by atoms with Crippen LogP contribution in [0, 0.1) is 0 Å². The highest BCUT2D eigenvalue weighted by molar-refractivity contribution is 7.89. The monoisotopic (exact) mass is 399 g/mol. The van der Waals surface area contributed by atoms with E-state index in [1.165, 1.54) is 26.4 Å². The Morgan fingerprint density at radius 1 is 1.12 bits per heavy atom. The van der Waals surface area contributed by atoms with Crippen molar-refractivity contribution in [3.63, 3.8) is 0 Å². The highest BCUT2D eigenvalue weighted by Gasteiger charge is 2.19. The number of hydrogen-bond acceptors (Lipinski definition) is 6. The molecule has 140 valence electrons. The SMILES string of the molecule is COC(=O)c1cc(S(=O)(=O)NCCOc2ccccc2OC)ccc1Cl. The lowest BCUT2D eigenvalue weighted by atomic mass is 10.2. The fraction of sp³-hybridized carbons (Fsp3) is 0.235. The van der Waals surface area contributed by atoms with Crippen molar-refractivity contribution in [2.24, 2.45) is 0 Å². The number of methoxy groups -OCH3 is 2. The van der Waals surface area contributed by atoms with Crippen molar-refractivity contribution < 1.29 is 27.4 Å². The van der Waals surface area contributed by atoms with E-state index in [2.05, 4.69) is 9.46 Å². The summed E-state index contributed by atoms with van der Waals surface area (Å²) >= 11 is 5.90. The third-order valence-corrected chi connectivity index (χ3v) is 5.16. The first-order valence-electron chi connectivity index (χ1n) is 7.52. The zero-order valence-electron chi connectivity index (χ0n) is 14.2. The fourth-order valence-corrected chi connectivity index (χ4v) is 3.33. The summed E-state index contributed by atoms with van der Waals surface area (Å²) in [4.78, 5) is 11.5. The molecule has 0 aliphatic rings. The largest absolute Gasteiger partial charge is 0.493 e. The Labute approximate surface area is 156 Å². The average molecular weight is 400 g/mol. The maximum absolute atomic E-state index is 12.4. The van der Waals surface area contributed by atoms with E-state index in [1.54, 1.807) is 24.3 Å². The maximum atomic E-state index is 12.4. The average Bonchev–Trinajstić information content (AvgIpc) is 2.65. The summed E-state index contributed by atoms with van der Waals surface area (Å²) in [6.07, 6.45) is 0. The number of nitrogens with one attached hydrogen (secondary N) is 1. The minimum atomic E-state index is -3.84. The Hall–Kier alpha value is -2.29. The quantitative estimate of drug-likeness (QED) is 0.541. The molecule has 0 saturated carbocycles. The predicted molar refractivity (Wildman–Crippen MR) is 96.5 cm³/mol. The number of carbonyl (C=O) groups excluding carboxylic acids is 1. The molecule has 26 heavy (non-hydrogen) atoms. The van der Waals surface area contributed by atoms with Crippen LogP contribution >= 0.6 is 11.6 Å². The van der Waals surface area contributed by atoms with Gasteiger partial charge < -0.3 is 14.2 Å². The van der Waals surface area contributed by atoms with Crippen LogP contribution in [0.2, 0.25) is 5.02 Å². The Kier molecular flexibility index (Phi) is 6.84. The number of halogens is 1. The number of rotatable bonds is 8. The molecule has 0 unspecified atom stereocenters. The van der Waals surface area contributed by atoms with Gasteiger partial charge in [0.25, 0.3) is 0 Å². The second-order valence-electron chi connectivity index (χ2n) is 5.03. The van der Waals surface area contributed by atoms with Gasteiger partial charge in [0.15, 0.2) is 11.5 Å². The number of benzene rings is 2. The van der Waals surface area contributed by atoms with Gasteiger partial charge in [-0.3, -0.25) is 0 Å². The summed E-state index contributed by atoms with van der Waals surface area (Å²) in [7, 11) is -1.13. The molecule has 0 spiro atoms. The van der Waals surface area contributed by atoms with Crippen LogP contribution in [0.25, 0.3) is 0 Å². The summed E-state index contributed by atoms with van der Waals surface area (Å²) in [6.45, 7) is 0.119. The van der Waals surface area contributed by atoms with Crippen molar-refractivity contribution in [1.29, 1.82) is 0 Å². The van der Waals surface area contributed by atoms with E-state index in [9.17, 15) is 13.2 Å². The molecule has 0 fully saturated rings. The summed E-state index contributed by atoms with van der Waals surface area (Å²) in [5.41, 5.74) is -0.0256. The Morgan fingerprint density at radius 2 is 1.81 bits per heavy atom. The number of carbonyl (C=O) groups is 1. The topological polar surface area (TPSA) is 90.9 Å². The molecular weight excluding hydrogens is 382 g/mol. The molecule has 0 saturated heterocycles. The molecular formula is C17H18ClNO6S. The first-order valence-corrected chi connectivity index (χ1v) is 9.38. The summed E-state index contributed by atoms with van der Waals surface area (Å²) in [6, 6.07) is 10.8. The highest BCUT2D eigenvalue weighted by atomic mass is 35.5. The molecule has 0 bridgehead atoms. The molecule has 0 amide bonds. The lowest BCUT2D eigenvalue weighted by Gasteiger charge is -2.11. The Bertz CT molecular complexity index is 885. The smallest absolute Gasteiger partial charge is 0.339 e. The number of hydrogen-bond donors (Lipinski definition) is 1. The second-order valence-corrected chi connectivity index (χ2v) is 7.20. The van der Waals surface area contributed by atoms with E-state index in [0.29, 0.717) is 11.5 Å². The van der Waals surface area contributed by atoms with E-state index in [1.807, 2.05) is 0 Å². The summed E-state index contributed by atoms with van der Waals surface area (Å²) < 4.78 is 42.4. The summed E-state index contributed by atoms with van der Waals surface area (Å²) in [5.74, 6) is 0.344. The minimum absolute atomic E-state index is 0.0244. The second kappa shape index (κ2) is 8.88. The van der Waals surface area contributed by atoms with E-state index >= 15 is 0 Å². The molecule has 1 N–H and O–H groups in total. The van der Waals surface area contributed by atoms with Gasteiger partial charge in [-0.1, -0.05) is 23.7 Å². The Balaban J connectivity index is 2.02. The van der Waals surface area contributed by atoms with Gasteiger partial charge in [0.1, 0.15) is 6.61 Å². The van der Waals surface area contributed by atoms with E-state index in [-0.39, 0.29) is 28.6 Å². The molecule has 2 rings (SSSR count). The molecule has 9 heteroatoms. The van der Waals surface area contributed by atoms with Gasteiger partial charge in [0.2, 0.25) is 10.0 Å². The normalized spacial score (nSPS) is 11.0. The molecule has 0 aliphatic heterocycles. The lowest BCUT2D eigenvalue weighted by Crippen LogP contribution is -2.28. The summed E-state index contributed by atoms with van der Waals surface area (Å²) in [5, 5.41) is 0.107. The first-order chi connectivity index (χ1) is 12.4. The van der Waals surface area contributed by atoms with Gasteiger partial charge in [0, 0.05) is 6.54 Å². The van der Waals surface area contributed by atoms with Crippen LogP contribution in [0.4, 0.5) is 0 Å². The van der Waals surface area contributed by atoms with Crippen LogP contribution in [0.5, 0.6) is 11.5 Å². The molecule has 0 aliphatic carbocycles. The first kappa shape index (κ1) is 20.0. The van der Waals surface area contributed by atoms with Crippen LogP contribution < -0.4 is 14.2 Å². The van der Waals surface area contributed by atoms with E-state index < -0.39 is 16.0 Å². The van der Waals surface area contributed by atoms with E-state index in [4.69, 9.17) is 21.1 Å². The molecule has 2 aromatic carbocycles. The minimum Gasteiger partial charge on any atom is -0.493 e. The van der Waals surface area contributed by atoms with Crippen molar-refractivity contribution in [3.05, 3.63) is 53.1 Å². The third-order valence-electron chi connectivity index (χ3n) is 3.37. The maximum Gasteiger partial charge on any atom is 0.339 e. The lowest BCUT2D eigenvalue weighted by molar-refractivity contribution is 0.0600. The van der Waals surface area contributed by atoms with E-state index in [0.717, 1.165) is 6.07 Å². The van der Waals surface area contributed by atoms with Crippen molar-refractivity contribution >= 4 is 27.6 Å². The molecule has 2 aromatic rings. The van der Waals surface area contributed by atoms with Crippen LogP contribution in [-0.2, 0) is 14.8 Å². The van der Waals surface area contributed by atoms with Crippen LogP contribution in [0.15, 0.2) is 47.4 Å². The third kappa shape index (κ3) is 4.87. The van der Waals surface area contributed by atoms with Crippen molar-refractivity contribution in [2.75, 3.05) is 27.4 Å². The molecule has 0 atom stereocenters. The molecule has 7 nitrogen and oxygen atoms in total. The fourth-order valence-electron chi connectivity index (χ4n) is 2.10. The molecule has 0 radical (unpaired) electrons. The van der Waals surface area contributed by atoms with Crippen LogP contribution in [-0.4, -0.2) is 41.8 Å².